The Morgan fingerprint density at radius 1 is 0.429 bits per heavy atom. The second-order valence-electron chi connectivity index (χ2n) is 17.5. The molecule has 3 aliphatic carbocycles. The van der Waals surface area contributed by atoms with Crippen LogP contribution < -0.4 is 0 Å². The molecule has 0 aromatic heterocycles. The molecule has 290 valence electrons. The first-order valence-electron chi connectivity index (χ1n) is 20.6. The molecule has 6 rings (SSSR count). The van der Waals surface area contributed by atoms with Gasteiger partial charge >= 0.3 is 0 Å². The second kappa shape index (κ2) is 28.5. The Balaban J connectivity index is 0. The highest BCUT2D eigenvalue weighted by Crippen LogP contribution is 2.28. The fraction of sp³-hybridized carbons (Fsp3) is 0.830. The summed E-state index contributed by atoms with van der Waals surface area (Å²) in [5.41, 5.74) is 4.24. The molecule has 2 heterocycles. The van der Waals surface area contributed by atoms with Gasteiger partial charge in [0.2, 0.25) is 0 Å². The summed E-state index contributed by atoms with van der Waals surface area (Å²) in [6, 6.07) is 8.48. The minimum absolute atomic E-state index is 0. The van der Waals surface area contributed by atoms with Gasteiger partial charge in [0.1, 0.15) is 0 Å². The molecule has 2 nitrogen and oxygen atoms in total. The normalized spacial score (nSPS) is 32.3. The van der Waals surface area contributed by atoms with Crippen molar-refractivity contribution in [3.05, 3.63) is 47.0 Å². The third-order valence-corrected chi connectivity index (χ3v) is 11.2. The van der Waals surface area contributed by atoms with E-state index in [0.29, 0.717) is 12.2 Å². The van der Waals surface area contributed by atoms with Crippen molar-refractivity contribution in [1.29, 1.82) is 0 Å². The van der Waals surface area contributed by atoms with Gasteiger partial charge in [-0.3, -0.25) is 0 Å². The molecule has 4 fully saturated rings. The fourth-order valence-electron chi connectivity index (χ4n) is 6.62. The highest BCUT2D eigenvalue weighted by molar-refractivity contribution is 5.19. The Kier molecular flexibility index (Phi) is 27.8. The quantitative estimate of drug-likeness (QED) is 0.253. The van der Waals surface area contributed by atoms with E-state index in [1.807, 2.05) is 0 Å². The largest absolute Gasteiger partial charge is 0.378 e. The first kappa shape index (κ1) is 47.9. The molecule has 0 spiro atoms. The Bertz CT molecular complexity index is 753. The minimum Gasteiger partial charge on any atom is -0.378 e. The molecule has 49 heavy (non-hydrogen) atoms. The monoisotopic (exact) mass is 687 g/mol. The summed E-state index contributed by atoms with van der Waals surface area (Å²) < 4.78 is 10.8. The number of ether oxygens (including phenoxy) is 2. The molecule has 1 aromatic carbocycles. The lowest BCUT2D eigenvalue weighted by Gasteiger charge is -2.23. The van der Waals surface area contributed by atoms with Crippen LogP contribution in [0.25, 0.3) is 0 Å². The summed E-state index contributed by atoms with van der Waals surface area (Å²) in [6.07, 6.45) is 24.4. The van der Waals surface area contributed by atoms with E-state index in [-0.39, 0.29) is 8.85 Å². The smallest absolute Gasteiger partial charge is 0.0547 e. The van der Waals surface area contributed by atoms with Crippen LogP contribution in [0.3, 0.4) is 0 Å². The molecule has 2 saturated heterocycles. The molecule has 5 unspecified atom stereocenters. The first-order valence-corrected chi connectivity index (χ1v) is 20.6. The Morgan fingerprint density at radius 2 is 0.735 bits per heavy atom. The van der Waals surface area contributed by atoms with Crippen molar-refractivity contribution in [3.8, 4) is 0 Å². The van der Waals surface area contributed by atoms with Gasteiger partial charge in [-0.05, 0) is 121 Å². The Hall–Kier alpha value is -1.12. The summed E-state index contributed by atoms with van der Waals surface area (Å²) in [4.78, 5) is 0. The number of hydrogen-bond donors (Lipinski definition) is 0. The van der Waals surface area contributed by atoms with Crippen molar-refractivity contribution in [2.45, 2.75) is 199 Å². The van der Waals surface area contributed by atoms with Crippen LogP contribution in [-0.4, -0.2) is 25.4 Å². The predicted octanol–water partition coefficient (Wildman–Crippen LogP) is 15.2. The molecule has 2 heteroatoms. The van der Waals surface area contributed by atoms with E-state index in [1.54, 1.807) is 5.57 Å². The van der Waals surface area contributed by atoms with Crippen LogP contribution in [0.15, 0.2) is 35.9 Å². The molecule has 5 aliphatic rings. The summed E-state index contributed by atoms with van der Waals surface area (Å²) in [5.74, 6) is 6.62. The number of allylic oxidation sites excluding steroid dienone is 2. The van der Waals surface area contributed by atoms with E-state index in [4.69, 9.17) is 9.47 Å². The van der Waals surface area contributed by atoms with Gasteiger partial charge in [-0.25, -0.2) is 0 Å². The van der Waals surface area contributed by atoms with Crippen LogP contribution in [0.1, 0.15) is 186 Å². The van der Waals surface area contributed by atoms with Crippen molar-refractivity contribution in [1.82, 2.24) is 0 Å². The third kappa shape index (κ3) is 27.2. The SMILES string of the molecule is C.CC1=CCC(C)CC1.CC1CCC(C)CC1.CC1CCC(C)CC1.CC1CCC(C)OC1.CC1CCC(C)OC1.Cc1ccc(C)cc1.[HH]. The molecular weight excluding hydrogens is 597 g/mol. The van der Waals surface area contributed by atoms with Crippen LogP contribution in [-0.2, 0) is 9.47 Å². The highest BCUT2D eigenvalue weighted by Gasteiger charge is 2.15. The molecule has 2 saturated carbocycles. The van der Waals surface area contributed by atoms with Crippen LogP contribution in [0.5, 0.6) is 0 Å². The average molecular weight is 687 g/mol. The van der Waals surface area contributed by atoms with E-state index in [2.05, 4.69) is 113 Å². The highest BCUT2D eigenvalue weighted by atomic mass is 16.5. The lowest BCUT2D eigenvalue weighted by molar-refractivity contribution is 0.000174. The molecule has 0 N–H and O–H groups in total. The summed E-state index contributed by atoms with van der Waals surface area (Å²) in [6.45, 7) is 28.9. The van der Waals surface area contributed by atoms with Gasteiger partial charge in [0.15, 0.2) is 0 Å². The number of rotatable bonds is 0. The van der Waals surface area contributed by atoms with Crippen LogP contribution in [0, 0.1) is 55.3 Å². The van der Waals surface area contributed by atoms with E-state index >= 15 is 0 Å². The zero-order chi connectivity index (χ0) is 35.9. The van der Waals surface area contributed by atoms with E-state index in [0.717, 1.165) is 54.6 Å². The van der Waals surface area contributed by atoms with E-state index < -0.39 is 0 Å². The van der Waals surface area contributed by atoms with Crippen LogP contribution in [0.2, 0.25) is 0 Å². The molecule has 5 atom stereocenters. The first-order chi connectivity index (χ1) is 22.7. The van der Waals surface area contributed by atoms with E-state index in [1.165, 1.54) is 107 Å². The molecule has 1 aromatic rings. The number of benzene rings is 1. The van der Waals surface area contributed by atoms with Gasteiger partial charge in [0.25, 0.3) is 0 Å². The minimum atomic E-state index is 0. The zero-order valence-corrected chi connectivity index (χ0v) is 34.4. The Morgan fingerprint density at radius 3 is 0.939 bits per heavy atom. The van der Waals surface area contributed by atoms with Crippen molar-refractivity contribution in [3.63, 3.8) is 0 Å². The topological polar surface area (TPSA) is 18.5 Å². The average Bonchev–Trinajstić information content (AvgIpc) is 3.07. The lowest BCUT2D eigenvalue weighted by Crippen LogP contribution is -2.21. The van der Waals surface area contributed by atoms with Gasteiger partial charge < -0.3 is 9.47 Å². The summed E-state index contributed by atoms with van der Waals surface area (Å²) >= 11 is 0. The maximum absolute atomic E-state index is 5.39. The lowest BCUT2D eigenvalue weighted by atomic mass is 9.84. The standard InChI is InChI=1S/2C8H16.C8H14.C8H10.2C7H14O.CH4.H2/c4*1-7-3-5-8(2)6-4-7;2*1-6-3-4-7(2)8-5-6;;/h2*7-8H,3-6H2,1-2H3;3,8H,4-6H2,1-2H3;3-6H,1-2H3;2*6-7H,3-5H2,1-2H3;1H4;1H. The van der Waals surface area contributed by atoms with Crippen molar-refractivity contribution in [2.75, 3.05) is 13.2 Å². The maximum Gasteiger partial charge on any atom is 0.0547 e. The second-order valence-corrected chi connectivity index (χ2v) is 17.5. The van der Waals surface area contributed by atoms with E-state index in [9.17, 15) is 0 Å². The number of aryl methyl sites for hydroxylation is 2. The van der Waals surface area contributed by atoms with Gasteiger partial charge in [-0.2, -0.15) is 0 Å². The third-order valence-electron chi connectivity index (χ3n) is 11.2. The summed E-state index contributed by atoms with van der Waals surface area (Å²) in [7, 11) is 0. The molecule has 0 bridgehead atoms. The van der Waals surface area contributed by atoms with Gasteiger partial charge in [-0.1, -0.05) is 154 Å². The molecule has 0 amide bonds. The molecule has 2 aliphatic heterocycles. The summed E-state index contributed by atoms with van der Waals surface area (Å²) in [5, 5.41) is 0. The van der Waals surface area contributed by atoms with Crippen molar-refractivity contribution in [2.24, 2.45) is 41.4 Å². The van der Waals surface area contributed by atoms with Gasteiger partial charge in [0.05, 0.1) is 12.2 Å². The van der Waals surface area contributed by atoms with Gasteiger partial charge in [0, 0.05) is 14.6 Å². The fourth-order valence-corrected chi connectivity index (χ4v) is 6.62. The maximum atomic E-state index is 5.39. The zero-order valence-electron chi connectivity index (χ0n) is 34.4. The Labute approximate surface area is 310 Å². The molecule has 0 radical (unpaired) electrons. The van der Waals surface area contributed by atoms with Crippen LogP contribution in [0.4, 0.5) is 0 Å². The van der Waals surface area contributed by atoms with Crippen LogP contribution >= 0.6 is 0 Å². The van der Waals surface area contributed by atoms with Gasteiger partial charge in [-0.15, -0.1) is 0 Å². The van der Waals surface area contributed by atoms with Crippen molar-refractivity contribution >= 4 is 0 Å². The molecular formula is C47H90O2. The van der Waals surface area contributed by atoms with Crippen molar-refractivity contribution < 1.29 is 10.9 Å². The predicted molar refractivity (Wildman–Crippen MR) is 223 cm³/mol. The number of hydrogen-bond acceptors (Lipinski definition) is 2.